The van der Waals surface area contributed by atoms with Gasteiger partial charge in [-0.3, -0.25) is 0 Å². The number of fused-ring (bicyclic) bond motifs is 1. The summed E-state index contributed by atoms with van der Waals surface area (Å²) in [4.78, 5) is 1.02. The molecule has 0 saturated carbocycles. The van der Waals surface area contributed by atoms with Crippen molar-refractivity contribution in [2.75, 3.05) is 7.11 Å². The topological polar surface area (TPSA) is 9.23 Å². The lowest BCUT2D eigenvalue weighted by Gasteiger charge is -1.96. The standard InChI is InChI=1S/C9H7IOS2/c1-11-8-4-5-7(13-8)3-2-6(12)9(5)10/h2-4,12H,1H3. The Labute approximate surface area is 99.6 Å². The normalized spacial score (nSPS) is 10.7. The molecule has 0 aliphatic carbocycles. The average Bonchev–Trinajstić information content (AvgIpc) is 2.55. The monoisotopic (exact) mass is 322 g/mol. The van der Waals surface area contributed by atoms with Crippen molar-refractivity contribution in [2.45, 2.75) is 4.90 Å². The molecule has 68 valence electrons. The summed E-state index contributed by atoms with van der Waals surface area (Å²) >= 11 is 8.33. The van der Waals surface area contributed by atoms with Crippen molar-refractivity contribution in [3.8, 4) is 5.06 Å². The van der Waals surface area contributed by atoms with Crippen molar-refractivity contribution in [3.63, 3.8) is 0 Å². The van der Waals surface area contributed by atoms with Gasteiger partial charge in [0.2, 0.25) is 0 Å². The third-order valence-electron chi connectivity index (χ3n) is 1.79. The van der Waals surface area contributed by atoms with Gasteiger partial charge >= 0.3 is 0 Å². The molecule has 13 heavy (non-hydrogen) atoms. The van der Waals surface area contributed by atoms with Crippen LogP contribution in [0.3, 0.4) is 0 Å². The van der Waals surface area contributed by atoms with E-state index in [2.05, 4.69) is 47.4 Å². The second-order valence-electron chi connectivity index (χ2n) is 2.58. The maximum absolute atomic E-state index is 5.18. The Kier molecular flexibility index (Phi) is 2.71. The van der Waals surface area contributed by atoms with Gasteiger partial charge in [-0.2, -0.15) is 0 Å². The Bertz CT molecular complexity index is 450. The lowest BCUT2D eigenvalue weighted by molar-refractivity contribution is 0.427. The highest BCUT2D eigenvalue weighted by Gasteiger charge is 2.06. The highest BCUT2D eigenvalue weighted by atomic mass is 127. The first-order valence-electron chi connectivity index (χ1n) is 3.67. The quantitative estimate of drug-likeness (QED) is 0.621. The summed E-state index contributed by atoms with van der Waals surface area (Å²) in [6.45, 7) is 0. The predicted octanol–water partition coefficient (Wildman–Crippen LogP) is 3.80. The van der Waals surface area contributed by atoms with E-state index in [0.717, 1.165) is 9.96 Å². The molecule has 0 amide bonds. The van der Waals surface area contributed by atoms with Crippen molar-refractivity contribution in [3.05, 3.63) is 21.8 Å². The molecule has 0 saturated heterocycles. The summed E-state index contributed by atoms with van der Waals surface area (Å²) in [5.74, 6) is 0. The summed E-state index contributed by atoms with van der Waals surface area (Å²) in [7, 11) is 1.69. The van der Waals surface area contributed by atoms with Gasteiger partial charge in [0.25, 0.3) is 0 Å². The van der Waals surface area contributed by atoms with E-state index in [9.17, 15) is 0 Å². The van der Waals surface area contributed by atoms with Gasteiger partial charge in [0.05, 0.1) is 7.11 Å². The zero-order valence-corrected chi connectivity index (χ0v) is 10.7. The molecule has 0 N–H and O–H groups in total. The fraction of sp³-hybridized carbons (Fsp3) is 0.111. The van der Waals surface area contributed by atoms with E-state index in [0.29, 0.717) is 0 Å². The van der Waals surface area contributed by atoms with Gasteiger partial charge in [0, 0.05) is 24.6 Å². The smallest absolute Gasteiger partial charge is 0.174 e. The van der Waals surface area contributed by atoms with Crippen LogP contribution in [0.25, 0.3) is 10.1 Å². The molecule has 1 heterocycles. The van der Waals surface area contributed by atoms with Crippen LogP contribution in [-0.2, 0) is 0 Å². The minimum atomic E-state index is 0.951. The number of ether oxygens (including phenoxy) is 1. The molecule has 0 aliphatic heterocycles. The lowest BCUT2D eigenvalue weighted by Crippen LogP contribution is -1.75. The molecule has 2 rings (SSSR count). The van der Waals surface area contributed by atoms with Crippen LogP contribution in [0, 0.1) is 3.57 Å². The van der Waals surface area contributed by atoms with Gasteiger partial charge in [0.15, 0.2) is 5.06 Å². The van der Waals surface area contributed by atoms with Crippen LogP contribution in [0.5, 0.6) is 5.06 Å². The third-order valence-corrected chi connectivity index (χ3v) is 4.82. The van der Waals surface area contributed by atoms with Crippen LogP contribution in [0.4, 0.5) is 0 Å². The van der Waals surface area contributed by atoms with Crippen molar-refractivity contribution < 1.29 is 4.74 Å². The molecule has 0 radical (unpaired) electrons. The van der Waals surface area contributed by atoms with Gasteiger partial charge in [-0.05, 0) is 34.7 Å². The molecule has 2 aromatic rings. The van der Waals surface area contributed by atoms with Crippen LogP contribution in [-0.4, -0.2) is 7.11 Å². The van der Waals surface area contributed by atoms with Gasteiger partial charge < -0.3 is 4.74 Å². The first kappa shape index (κ1) is 9.61. The first-order valence-corrected chi connectivity index (χ1v) is 6.01. The largest absolute Gasteiger partial charge is 0.487 e. The van der Waals surface area contributed by atoms with Crippen LogP contribution in [0.1, 0.15) is 0 Å². The number of benzene rings is 1. The van der Waals surface area contributed by atoms with Crippen LogP contribution < -0.4 is 4.74 Å². The highest BCUT2D eigenvalue weighted by Crippen LogP contribution is 2.36. The molecule has 1 aromatic heterocycles. The number of hydrogen-bond acceptors (Lipinski definition) is 3. The summed E-state index contributed by atoms with van der Waals surface area (Å²) in [6.07, 6.45) is 0. The maximum atomic E-state index is 5.18. The molecular weight excluding hydrogens is 315 g/mol. The minimum Gasteiger partial charge on any atom is -0.487 e. The van der Waals surface area contributed by atoms with E-state index in [1.807, 2.05) is 6.07 Å². The molecule has 1 nitrogen and oxygen atoms in total. The van der Waals surface area contributed by atoms with Crippen LogP contribution in [0.15, 0.2) is 23.1 Å². The van der Waals surface area contributed by atoms with Crippen molar-refractivity contribution in [2.24, 2.45) is 0 Å². The van der Waals surface area contributed by atoms with E-state index in [4.69, 9.17) is 4.74 Å². The van der Waals surface area contributed by atoms with E-state index in [1.54, 1.807) is 18.4 Å². The maximum Gasteiger partial charge on any atom is 0.174 e. The molecule has 0 spiro atoms. The zero-order chi connectivity index (χ0) is 9.42. The van der Waals surface area contributed by atoms with Gasteiger partial charge in [-0.15, -0.1) is 12.6 Å². The summed E-state index contributed by atoms with van der Waals surface area (Å²) in [6, 6.07) is 6.15. The Morgan fingerprint density at radius 2 is 2.23 bits per heavy atom. The molecule has 0 atom stereocenters. The van der Waals surface area contributed by atoms with Crippen molar-refractivity contribution >= 4 is 56.6 Å². The minimum absolute atomic E-state index is 0.951. The Balaban J connectivity index is 2.76. The number of thiol groups is 1. The first-order chi connectivity index (χ1) is 6.22. The Morgan fingerprint density at radius 3 is 2.92 bits per heavy atom. The zero-order valence-electron chi connectivity index (χ0n) is 6.87. The number of methoxy groups -OCH3 is 1. The van der Waals surface area contributed by atoms with E-state index >= 15 is 0 Å². The van der Waals surface area contributed by atoms with Gasteiger partial charge in [-0.25, -0.2) is 0 Å². The lowest BCUT2D eigenvalue weighted by atomic mass is 10.3. The van der Waals surface area contributed by atoms with Gasteiger partial charge in [0.1, 0.15) is 0 Å². The number of hydrogen-bond donors (Lipinski definition) is 1. The molecule has 0 fully saturated rings. The second kappa shape index (κ2) is 3.67. The number of rotatable bonds is 1. The fourth-order valence-corrected chi connectivity index (χ4v) is 3.03. The van der Waals surface area contributed by atoms with Gasteiger partial charge in [-0.1, -0.05) is 11.3 Å². The highest BCUT2D eigenvalue weighted by molar-refractivity contribution is 14.1. The SMILES string of the molecule is COc1cc2c(I)c(S)ccc2s1. The van der Waals surface area contributed by atoms with E-state index in [-0.39, 0.29) is 0 Å². The predicted molar refractivity (Wildman–Crippen MR) is 68.3 cm³/mol. The van der Waals surface area contributed by atoms with Crippen molar-refractivity contribution in [1.82, 2.24) is 0 Å². The van der Waals surface area contributed by atoms with Crippen LogP contribution >= 0.6 is 46.6 Å². The summed E-state index contributed by atoms with van der Waals surface area (Å²) in [5, 5.41) is 2.18. The number of thiophene rings is 1. The summed E-state index contributed by atoms with van der Waals surface area (Å²) in [5.41, 5.74) is 0. The molecule has 0 bridgehead atoms. The third kappa shape index (κ3) is 1.67. The fourth-order valence-electron chi connectivity index (χ4n) is 1.14. The molecular formula is C9H7IOS2. The average molecular weight is 322 g/mol. The second-order valence-corrected chi connectivity index (χ2v) is 5.19. The van der Waals surface area contributed by atoms with E-state index in [1.165, 1.54) is 13.7 Å². The molecule has 0 aliphatic rings. The summed E-state index contributed by atoms with van der Waals surface area (Å²) < 4.78 is 7.63. The van der Waals surface area contributed by atoms with E-state index < -0.39 is 0 Å². The molecule has 1 aromatic carbocycles. The Morgan fingerprint density at radius 1 is 1.46 bits per heavy atom. The Hall–Kier alpha value is 0.0600. The number of halogens is 1. The van der Waals surface area contributed by atoms with Crippen molar-refractivity contribution in [1.29, 1.82) is 0 Å². The van der Waals surface area contributed by atoms with Crippen LogP contribution in [0.2, 0.25) is 0 Å². The molecule has 0 unspecified atom stereocenters. The molecule has 4 heteroatoms.